The first-order valence-electron chi connectivity index (χ1n) is 4.60. The maximum atomic E-state index is 11.7. The number of nitrogens with one attached hydrogen (secondary N) is 1. The number of rotatable bonds is 3. The Kier molecular flexibility index (Phi) is 3.55. The van der Waals surface area contributed by atoms with Crippen LogP contribution in [0.2, 0.25) is 0 Å². The summed E-state index contributed by atoms with van der Waals surface area (Å²) in [7, 11) is 0. The minimum Gasteiger partial charge on any atom is -0.394 e. The third kappa shape index (κ3) is 2.68. The van der Waals surface area contributed by atoms with Crippen LogP contribution in [-0.2, 0) is 9.53 Å². The van der Waals surface area contributed by atoms with Crippen LogP contribution in [0.3, 0.4) is 0 Å². The molecule has 0 bridgehead atoms. The summed E-state index contributed by atoms with van der Waals surface area (Å²) in [5.74, 6) is -0.128. The van der Waals surface area contributed by atoms with Crippen molar-refractivity contribution in [2.75, 3.05) is 19.8 Å². The minimum atomic E-state index is -0.613. The predicted molar refractivity (Wildman–Crippen MR) is 56.4 cm³/mol. The van der Waals surface area contributed by atoms with E-state index in [9.17, 15) is 9.90 Å². The van der Waals surface area contributed by atoms with Crippen LogP contribution in [0.25, 0.3) is 0 Å². The van der Waals surface area contributed by atoms with Crippen LogP contribution >= 0.6 is 15.9 Å². The van der Waals surface area contributed by atoms with Crippen molar-refractivity contribution in [1.29, 1.82) is 0 Å². The molecule has 0 aromatic carbocycles. The second kappa shape index (κ2) is 4.16. The molecule has 0 aromatic heterocycles. The van der Waals surface area contributed by atoms with E-state index in [4.69, 9.17) is 4.74 Å². The molecule has 14 heavy (non-hydrogen) atoms. The van der Waals surface area contributed by atoms with E-state index >= 15 is 0 Å². The number of carbonyl (C=O) groups excluding carboxylic acids is 1. The average Bonchev–Trinajstić information content (AvgIpc) is 2.52. The fourth-order valence-corrected chi connectivity index (χ4v) is 1.36. The summed E-state index contributed by atoms with van der Waals surface area (Å²) in [6.45, 7) is 4.43. The third-order valence-corrected chi connectivity index (χ3v) is 2.68. The average molecular weight is 266 g/mol. The van der Waals surface area contributed by atoms with E-state index in [0.717, 1.165) is 0 Å². The number of halogens is 1. The molecule has 1 amide bonds. The Morgan fingerprint density at radius 1 is 1.71 bits per heavy atom. The Morgan fingerprint density at radius 2 is 2.36 bits per heavy atom. The first-order valence-corrected chi connectivity index (χ1v) is 5.39. The van der Waals surface area contributed by atoms with Gasteiger partial charge in [-0.1, -0.05) is 15.9 Å². The predicted octanol–water partition coefficient (Wildman–Crippen LogP) is 0.428. The van der Waals surface area contributed by atoms with Gasteiger partial charge in [0.05, 0.1) is 23.1 Å². The lowest BCUT2D eigenvalue weighted by Crippen LogP contribution is -2.55. The highest BCUT2D eigenvalue weighted by Crippen LogP contribution is 2.22. The topological polar surface area (TPSA) is 58.6 Å². The first-order chi connectivity index (χ1) is 6.40. The van der Waals surface area contributed by atoms with Gasteiger partial charge in [0.1, 0.15) is 0 Å². The van der Waals surface area contributed by atoms with E-state index in [1.54, 1.807) is 13.8 Å². The molecule has 1 unspecified atom stereocenters. The fourth-order valence-electron chi connectivity index (χ4n) is 1.26. The normalized spacial score (nSPS) is 27.7. The van der Waals surface area contributed by atoms with Crippen molar-refractivity contribution < 1.29 is 14.6 Å². The monoisotopic (exact) mass is 265 g/mol. The van der Waals surface area contributed by atoms with Gasteiger partial charge in [-0.15, -0.1) is 0 Å². The summed E-state index contributed by atoms with van der Waals surface area (Å²) in [4.78, 5) is 11.7. The number of ether oxygens (including phenoxy) is 1. The van der Waals surface area contributed by atoms with E-state index in [0.29, 0.717) is 19.6 Å². The Bertz CT molecular complexity index is 219. The zero-order chi connectivity index (χ0) is 10.8. The van der Waals surface area contributed by atoms with Gasteiger partial charge in [0.15, 0.2) is 0 Å². The van der Waals surface area contributed by atoms with Crippen molar-refractivity contribution >= 4 is 21.8 Å². The molecule has 1 aliphatic heterocycles. The molecule has 0 spiro atoms. The molecule has 0 aromatic rings. The van der Waals surface area contributed by atoms with Crippen molar-refractivity contribution in [3.8, 4) is 0 Å². The summed E-state index contributed by atoms with van der Waals surface area (Å²) in [5, 5.41) is 12.0. The molecule has 1 aliphatic rings. The molecule has 1 saturated heterocycles. The number of hydrogen-bond acceptors (Lipinski definition) is 3. The Labute approximate surface area is 92.1 Å². The fraction of sp³-hybridized carbons (Fsp3) is 0.889. The van der Waals surface area contributed by atoms with Crippen LogP contribution in [0.1, 0.15) is 20.3 Å². The molecule has 4 nitrogen and oxygen atoms in total. The van der Waals surface area contributed by atoms with Gasteiger partial charge in [-0.25, -0.2) is 0 Å². The van der Waals surface area contributed by atoms with Gasteiger partial charge < -0.3 is 15.2 Å². The van der Waals surface area contributed by atoms with Gasteiger partial charge in [0.2, 0.25) is 5.91 Å². The number of carbonyl (C=O) groups is 1. The number of aliphatic hydroxyl groups is 1. The lowest BCUT2D eigenvalue weighted by atomic mass is 9.99. The number of hydrogen-bond donors (Lipinski definition) is 2. The molecule has 5 heteroatoms. The quantitative estimate of drug-likeness (QED) is 0.728. The van der Waals surface area contributed by atoms with Crippen LogP contribution in [0.15, 0.2) is 0 Å². The third-order valence-electron chi connectivity index (χ3n) is 2.32. The molecule has 82 valence electrons. The molecule has 2 N–H and O–H groups in total. The highest BCUT2D eigenvalue weighted by Gasteiger charge is 2.38. The van der Waals surface area contributed by atoms with Crippen molar-refractivity contribution in [3.63, 3.8) is 0 Å². The maximum absolute atomic E-state index is 11.7. The molecule has 1 atom stereocenters. The Balaban J connectivity index is 2.61. The standard InChI is InChI=1S/C9H16BrNO3/c1-8(2,10)7(13)11-9(5-12)3-4-14-6-9/h12H,3-6H2,1-2H3,(H,11,13). The zero-order valence-electron chi connectivity index (χ0n) is 8.47. The van der Waals surface area contributed by atoms with Crippen LogP contribution in [-0.4, -0.2) is 40.7 Å². The SMILES string of the molecule is CC(C)(Br)C(=O)NC1(CO)CCOC1. The molecular formula is C9H16BrNO3. The maximum Gasteiger partial charge on any atom is 0.236 e. The lowest BCUT2D eigenvalue weighted by molar-refractivity contribution is -0.125. The molecule has 1 heterocycles. The van der Waals surface area contributed by atoms with Gasteiger partial charge in [0.25, 0.3) is 0 Å². The van der Waals surface area contributed by atoms with E-state index in [1.807, 2.05) is 0 Å². The molecule has 0 saturated carbocycles. The van der Waals surface area contributed by atoms with Crippen molar-refractivity contribution in [2.45, 2.75) is 30.1 Å². The number of aliphatic hydroxyl groups excluding tert-OH is 1. The second-order valence-corrected chi connectivity index (χ2v) is 6.15. The summed E-state index contributed by atoms with van der Waals surface area (Å²) in [5.41, 5.74) is -0.581. The number of amides is 1. The minimum absolute atomic E-state index is 0.0815. The molecular weight excluding hydrogens is 250 g/mol. The van der Waals surface area contributed by atoms with Crippen LogP contribution in [0, 0.1) is 0 Å². The highest BCUT2D eigenvalue weighted by molar-refractivity contribution is 9.10. The molecule has 0 aliphatic carbocycles. The summed E-state index contributed by atoms with van der Waals surface area (Å²) < 4.78 is 4.56. The molecule has 0 radical (unpaired) electrons. The van der Waals surface area contributed by atoms with Gasteiger partial charge in [-0.05, 0) is 20.3 Å². The second-order valence-electron chi connectivity index (χ2n) is 4.17. The Morgan fingerprint density at radius 3 is 2.71 bits per heavy atom. The van der Waals surface area contributed by atoms with Gasteiger partial charge in [0, 0.05) is 6.61 Å². The van der Waals surface area contributed by atoms with Crippen LogP contribution < -0.4 is 5.32 Å². The van der Waals surface area contributed by atoms with E-state index < -0.39 is 9.86 Å². The smallest absolute Gasteiger partial charge is 0.236 e. The van der Waals surface area contributed by atoms with Crippen LogP contribution in [0.5, 0.6) is 0 Å². The summed E-state index contributed by atoms with van der Waals surface area (Å²) >= 11 is 3.27. The lowest BCUT2D eigenvalue weighted by Gasteiger charge is -2.29. The first kappa shape index (κ1) is 11.9. The Hall–Kier alpha value is -0.130. The largest absolute Gasteiger partial charge is 0.394 e. The van der Waals surface area contributed by atoms with Crippen LogP contribution in [0.4, 0.5) is 0 Å². The molecule has 1 fully saturated rings. The van der Waals surface area contributed by atoms with E-state index in [2.05, 4.69) is 21.2 Å². The molecule has 1 rings (SSSR count). The van der Waals surface area contributed by atoms with Gasteiger partial charge in [-0.2, -0.15) is 0 Å². The van der Waals surface area contributed by atoms with Crippen molar-refractivity contribution in [2.24, 2.45) is 0 Å². The summed E-state index contributed by atoms with van der Waals surface area (Å²) in [6, 6.07) is 0. The van der Waals surface area contributed by atoms with Gasteiger partial charge >= 0.3 is 0 Å². The van der Waals surface area contributed by atoms with E-state index in [1.165, 1.54) is 0 Å². The van der Waals surface area contributed by atoms with E-state index in [-0.39, 0.29) is 12.5 Å². The van der Waals surface area contributed by atoms with Crippen molar-refractivity contribution in [3.05, 3.63) is 0 Å². The summed E-state index contributed by atoms with van der Waals surface area (Å²) in [6.07, 6.45) is 0.665. The number of alkyl halides is 1. The highest BCUT2D eigenvalue weighted by atomic mass is 79.9. The zero-order valence-corrected chi connectivity index (χ0v) is 10.1. The van der Waals surface area contributed by atoms with Gasteiger partial charge in [-0.3, -0.25) is 4.79 Å². The van der Waals surface area contributed by atoms with Crippen molar-refractivity contribution in [1.82, 2.24) is 5.32 Å².